The van der Waals surface area contributed by atoms with Crippen LogP contribution in [0.5, 0.6) is 5.75 Å². The lowest BCUT2D eigenvalue weighted by atomic mass is 10.0. The first-order chi connectivity index (χ1) is 7.56. The molecular formula is C13H17NO2. The third-order valence-electron chi connectivity index (χ3n) is 2.43. The van der Waals surface area contributed by atoms with Gasteiger partial charge in [-0.05, 0) is 38.8 Å². The summed E-state index contributed by atoms with van der Waals surface area (Å²) in [6.45, 7) is 8.34. The van der Waals surface area contributed by atoms with Gasteiger partial charge in [0.05, 0.1) is 12.6 Å². The van der Waals surface area contributed by atoms with E-state index < -0.39 is 0 Å². The average molecular weight is 219 g/mol. The van der Waals surface area contributed by atoms with Gasteiger partial charge < -0.3 is 4.74 Å². The van der Waals surface area contributed by atoms with Crippen LogP contribution < -0.4 is 4.74 Å². The summed E-state index contributed by atoms with van der Waals surface area (Å²) in [5.74, 6) is 0.842. The Bertz CT molecular complexity index is 418. The van der Waals surface area contributed by atoms with Crippen LogP contribution in [0.1, 0.15) is 30.5 Å². The highest BCUT2D eigenvalue weighted by molar-refractivity contribution is 5.46. The molecule has 16 heavy (non-hydrogen) atoms. The van der Waals surface area contributed by atoms with Gasteiger partial charge in [-0.2, -0.15) is 0 Å². The molecular weight excluding hydrogens is 202 g/mol. The quantitative estimate of drug-likeness (QED) is 0.577. The van der Waals surface area contributed by atoms with Crippen LogP contribution in [0.4, 0.5) is 0 Å². The third-order valence-corrected chi connectivity index (χ3v) is 2.43. The summed E-state index contributed by atoms with van der Waals surface area (Å²) in [5, 5.41) is 0. The number of benzene rings is 1. The van der Waals surface area contributed by atoms with E-state index in [1.165, 1.54) is 5.56 Å². The third kappa shape index (κ3) is 2.94. The summed E-state index contributed by atoms with van der Waals surface area (Å²) >= 11 is 0. The number of hydrogen-bond acceptors (Lipinski definition) is 3. The zero-order valence-electron chi connectivity index (χ0n) is 10.2. The number of isocyanates is 1. The van der Waals surface area contributed by atoms with Gasteiger partial charge in [0.15, 0.2) is 0 Å². The zero-order valence-corrected chi connectivity index (χ0v) is 10.2. The maximum absolute atomic E-state index is 10.1. The van der Waals surface area contributed by atoms with Crippen molar-refractivity contribution in [2.75, 3.05) is 0 Å². The van der Waals surface area contributed by atoms with Gasteiger partial charge in [0, 0.05) is 5.56 Å². The molecule has 0 fully saturated rings. The molecule has 0 bridgehead atoms. The van der Waals surface area contributed by atoms with Gasteiger partial charge >= 0.3 is 0 Å². The van der Waals surface area contributed by atoms with E-state index in [1.807, 2.05) is 39.8 Å². The second kappa shape index (κ2) is 5.47. The Balaban J connectivity index is 3.15. The Labute approximate surface area is 96.2 Å². The number of aryl methyl sites for hydroxylation is 1. The average Bonchev–Trinajstić information content (AvgIpc) is 2.23. The molecule has 0 aliphatic heterocycles. The lowest BCUT2D eigenvalue weighted by molar-refractivity contribution is 0.238. The molecule has 0 aromatic heterocycles. The van der Waals surface area contributed by atoms with E-state index in [-0.39, 0.29) is 6.10 Å². The summed E-state index contributed by atoms with van der Waals surface area (Å²) in [5.41, 5.74) is 3.21. The van der Waals surface area contributed by atoms with Crippen LogP contribution in [0.2, 0.25) is 0 Å². The van der Waals surface area contributed by atoms with Crippen molar-refractivity contribution in [2.24, 2.45) is 4.99 Å². The molecule has 0 amide bonds. The van der Waals surface area contributed by atoms with Crippen LogP contribution in [0.25, 0.3) is 0 Å². The second-order valence-corrected chi connectivity index (χ2v) is 4.07. The summed E-state index contributed by atoms with van der Waals surface area (Å²) in [7, 11) is 0. The SMILES string of the molecule is Cc1ccc(CN=C=O)c(OC(C)C)c1C. The Hall–Kier alpha value is -1.60. The van der Waals surface area contributed by atoms with E-state index in [9.17, 15) is 4.79 Å². The highest BCUT2D eigenvalue weighted by Gasteiger charge is 2.10. The Kier molecular flexibility index (Phi) is 4.27. The fraction of sp³-hybridized carbons (Fsp3) is 0.462. The van der Waals surface area contributed by atoms with Crippen molar-refractivity contribution in [3.63, 3.8) is 0 Å². The maximum Gasteiger partial charge on any atom is 0.235 e. The summed E-state index contributed by atoms with van der Waals surface area (Å²) in [4.78, 5) is 13.7. The van der Waals surface area contributed by atoms with Crippen molar-refractivity contribution in [1.82, 2.24) is 0 Å². The minimum absolute atomic E-state index is 0.111. The Morgan fingerprint density at radius 3 is 2.62 bits per heavy atom. The Morgan fingerprint density at radius 1 is 1.38 bits per heavy atom. The van der Waals surface area contributed by atoms with Crippen molar-refractivity contribution in [2.45, 2.75) is 40.3 Å². The molecule has 1 aromatic carbocycles. The number of aliphatic imine (C=N–C) groups is 1. The molecule has 3 heteroatoms. The molecule has 0 saturated heterocycles. The van der Waals surface area contributed by atoms with E-state index in [4.69, 9.17) is 4.74 Å². The highest BCUT2D eigenvalue weighted by Crippen LogP contribution is 2.28. The Morgan fingerprint density at radius 2 is 2.06 bits per heavy atom. The topological polar surface area (TPSA) is 38.7 Å². The number of carbonyl (C=O) groups excluding carboxylic acids is 1. The first-order valence-corrected chi connectivity index (χ1v) is 5.35. The normalized spacial score (nSPS) is 10.1. The van der Waals surface area contributed by atoms with Gasteiger partial charge in [0.25, 0.3) is 0 Å². The first-order valence-electron chi connectivity index (χ1n) is 5.35. The number of hydrogen-bond donors (Lipinski definition) is 0. The predicted molar refractivity (Wildman–Crippen MR) is 63.5 cm³/mol. The van der Waals surface area contributed by atoms with Crippen molar-refractivity contribution in [3.8, 4) is 5.75 Å². The van der Waals surface area contributed by atoms with Crippen LogP contribution >= 0.6 is 0 Å². The molecule has 0 heterocycles. The maximum atomic E-state index is 10.1. The van der Waals surface area contributed by atoms with Crippen LogP contribution in [-0.4, -0.2) is 12.2 Å². The minimum Gasteiger partial charge on any atom is -0.490 e. The van der Waals surface area contributed by atoms with E-state index in [0.29, 0.717) is 6.54 Å². The highest BCUT2D eigenvalue weighted by atomic mass is 16.5. The number of nitrogens with zero attached hydrogens (tertiary/aromatic N) is 1. The molecule has 86 valence electrons. The van der Waals surface area contributed by atoms with Gasteiger partial charge in [-0.25, -0.2) is 9.79 Å². The zero-order chi connectivity index (χ0) is 12.1. The first kappa shape index (κ1) is 12.5. The van der Waals surface area contributed by atoms with Crippen molar-refractivity contribution in [3.05, 3.63) is 28.8 Å². The molecule has 0 saturated carbocycles. The van der Waals surface area contributed by atoms with Crippen LogP contribution in [0.3, 0.4) is 0 Å². The van der Waals surface area contributed by atoms with Gasteiger partial charge in [0.2, 0.25) is 6.08 Å². The van der Waals surface area contributed by atoms with E-state index in [1.54, 1.807) is 6.08 Å². The molecule has 1 rings (SSSR count). The molecule has 0 spiro atoms. The molecule has 0 N–H and O–H groups in total. The smallest absolute Gasteiger partial charge is 0.235 e. The molecule has 3 nitrogen and oxygen atoms in total. The molecule has 0 atom stereocenters. The van der Waals surface area contributed by atoms with Gasteiger partial charge in [-0.1, -0.05) is 12.1 Å². The van der Waals surface area contributed by atoms with Crippen LogP contribution in [-0.2, 0) is 11.3 Å². The van der Waals surface area contributed by atoms with Crippen LogP contribution in [0, 0.1) is 13.8 Å². The van der Waals surface area contributed by atoms with Crippen LogP contribution in [0.15, 0.2) is 17.1 Å². The van der Waals surface area contributed by atoms with E-state index in [0.717, 1.165) is 16.9 Å². The summed E-state index contributed by atoms with van der Waals surface area (Å²) < 4.78 is 5.76. The van der Waals surface area contributed by atoms with E-state index in [2.05, 4.69) is 4.99 Å². The monoisotopic (exact) mass is 219 g/mol. The second-order valence-electron chi connectivity index (χ2n) is 4.07. The molecule has 0 aliphatic rings. The molecule has 1 aromatic rings. The standard InChI is InChI=1S/C13H17NO2/c1-9(2)16-13-11(4)10(3)5-6-12(13)7-14-8-15/h5-6,9H,7H2,1-4H3. The van der Waals surface area contributed by atoms with Crippen molar-refractivity contribution >= 4 is 6.08 Å². The molecule has 0 aliphatic carbocycles. The minimum atomic E-state index is 0.111. The number of rotatable bonds is 4. The summed E-state index contributed by atoms with van der Waals surface area (Å²) in [6.07, 6.45) is 1.66. The lowest BCUT2D eigenvalue weighted by Crippen LogP contribution is -2.09. The number of ether oxygens (including phenoxy) is 1. The lowest BCUT2D eigenvalue weighted by Gasteiger charge is -2.17. The van der Waals surface area contributed by atoms with E-state index >= 15 is 0 Å². The summed E-state index contributed by atoms with van der Waals surface area (Å²) in [6, 6.07) is 3.96. The fourth-order valence-electron chi connectivity index (χ4n) is 1.49. The van der Waals surface area contributed by atoms with Crippen molar-refractivity contribution < 1.29 is 9.53 Å². The molecule has 0 unspecified atom stereocenters. The predicted octanol–water partition coefficient (Wildman–Crippen LogP) is 2.93. The van der Waals surface area contributed by atoms with Gasteiger partial charge in [0.1, 0.15) is 5.75 Å². The van der Waals surface area contributed by atoms with Gasteiger partial charge in [-0.3, -0.25) is 0 Å². The fourth-order valence-corrected chi connectivity index (χ4v) is 1.49. The van der Waals surface area contributed by atoms with Gasteiger partial charge in [-0.15, -0.1) is 0 Å². The van der Waals surface area contributed by atoms with Crippen molar-refractivity contribution in [1.29, 1.82) is 0 Å². The molecule has 0 radical (unpaired) electrons. The largest absolute Gasteiger partial charge is 0.490 e.